The highest BCUT2D eigenvalue weighted by atomic mass is 35.5. The smallest absolute Gasteiger partial charge is 0.270 e. The van der Waals surface area contributed by atoms with Crippen molar-refractivity contribution < 1.29 is 9.72 Å². The van der Waals surface area contributed by atoms with Crippen LogP contribution in [0.15, 0.2) is 48.5 Å². The van der Waals surface area contributed by atoms with Crippen LogP contribution in [0.1, 0.15) is 21.5 Å². The quantitative estimate of drug-likeness (QED) is 0.605. The topological polar surface area (TPSA) is 89.5 Å². The normalized spacial score (nSPS) is 10.0. The van der Waals surface area contributed by atoms with Crippen LogP contribution in [0, 0.1) is 17.0 Å². The van der Waals surface area contributed by atoms with Crippen LogP contribution in [0.4, 0.5) is 5.69 Å². The van der Waals surface area contributed by atoms with E-state index in [9.17, 15) is 14.9 Å². The maximum absolute atomic E-state index is 12.7. The lowest BCUT2D eigenvalue weighted by Gasteiger charge is -2.22. The van der Waals surface area contributed by atoms with Crippen molar-refractivity contribution >= 4 is 24.0 Å². The minimum Gasteiger partial charge on any atom is -0.337 e. The Bertz CT molecular complexity index is 723. The molecule has 0 fully saturated rings. The largest absolute Gasteiger partial charge is 0.337 e. The Morgan fingerprint density at radius 3 is 2.44 bits per heavy atom. The van der Waals surface area contributed by atoms with E-state index in [1.807, 2.05) is 30.3 Å². The van der Waals surface area contributed by atoms with Crippen molar-refractivity contribution in [2.45, 2.75) is 13.3 Å². The molecule has 2 N–H and O–H groups in total. The maximum Gasteiger partial charge on any atom is 0.270 e. The van der Waals surface area contributed by atoms with Gasteiger partial charge in [-0.2, -0.15) is 0 Å². The van der Waals surface area contributed by atoms with Gasteiger partial charge in [-0.3, -0.25) is 14.9 Å². The molecule has 0 heterocycles. The van der Waals surface area contributed by atoms with E-state index in [0.717, 1.165) is 5.56 Å². The highest BCUT2D eigenvalue weighted by Crippen LogP contribution is 2.18. The predicted octanol–water partition coefficient (Wildman–Crippen LogP) is 2.97. The van der Waals surface area contributed by atoms with Crippen LogP contribution in [0.2, 0.25) is 0 Å². The number of carbonyl (C=O) groups is 1. The Balaban J connectivity index is 0.00000312. The van der Waals surface area contributed by atoms with Crippen molar-refractivity contribution in [1.82, 2.24) is 4.90 Å². The van der Waals surface area contributed by atoms with Gasteiger partial charge in [0.15, 0.2) is 0 Å². The summed E-state index contributed by atoms with van der Waals surface area (Å²) in [7, 11) is 0. The number of nitro groups is 1. The third-order valence-electron chi connectivity index (χ3n) is 3.72. The number of nitrogens with zero attached hydrogens (tertiary/aromatic N) is 2. The number of halogens is 1. The average molecular weight is 364 g/mol. The Kier molecular flexibility index (Phi) is 8.04. The molecule has 0 saturated heterocycles. The van der Waals surface area contributed by atoms with Crippen LogP contribution in [-0.4, -0.2) is 35.4 Å². The van der Waals surface area contributed by atoms with E-state index in [2.05, 4.69) is 0 Å². The van der Waals surface area contributed by atoms with Crippen LogP contribution >= 0.6 is 12.4 Å². The van der Waals surface area contributed by atoms with Gasteiger partial charge in [-0.1, -0.05) is 30.3 Å². The van der Waals surface area contributed by atoms with E-state index in [0.29, 0.717) is 37.2 Å². The molecule has 25 heavy (non-hydrogen) atoms. The summed E-state index contributed by atoms with van der Waals surface area (Å²) in [5.74, 6) is -0.233. The van der Waals surface area contributed by atoms with Crippen LogP contribution in [0.5, 0.6) is 0 Å². The van der Waals surface area contributed by atoms with Gasteiger partial charge in [0, 0.05) is 37.3 Å². The zero-order chi connectivity index (χ0) is 17.5. The van der Waals surface area contributed by atoms with Crippen LogP contribution in [0.25, 0.3) is 0 Å². The molecule has 0 unspecified atom stereocenters. The molecule has 0 radical (unpaired) electrons. The second kappa shape index (κ2) is 9.76. The molecule has 0 aliphatic heterocycles. The molecule has 0 aliphatic rings. The number of non-ortho nitro benzene ring substituents is 1. The summed E-state index contributed by atoms with van der Waals surface area (Å²) >= 11 is 0. The first kappa shape index (κ1) is 20.6. The molecule has 2 aromatic carbocycles. The number of carbonyl (C=O) groups excluding carboxylic acids is 1. The fraction of sp³-hybridized carbons (Fsp3) is 0.278. The highest BCUT2D eigenvalue weighted by molar-refractivity contribution is 5.95. The number of hydrogen-bond donors (Lipinski definition) is 1. The summed E-state index contributed by atoms with van der Waals surface area (Å²) < 4.78 is 0. The van der Waals surface area contributed by atoms with E-state index in [1.165, 1.54) is 12.1 Å². The number of nitro benzene ring substituents is 1. The molecule has 0 aromatic heterocycles. The first-order valence-corrected chi connectivity index (χ1v) is 7.80. The summed E-state index contributed by atoms with van der Waals surface area (Å²) in [5, 5.41) is 11.0. The summed E-state index contributed by atoms with van der Waals surface area (Å²) in [5.41, 5.74) is 7.68. The summed E-state index contributed by atoms with van der Waals surface area (Å²) in [6.45, 7) is 3.00. The monoisotopic (exact) mass is 363 g/mol. The number of amides is 1. The molecule has 2 rings (SSSR count). The lowest BCUT2D eigenvalue weighted by Crippen LogP contribution is -2.37. The van der Waals surface area contributed by atoms with Gasteiger partial charge in [0.2, 0.25) is 0 Å². The zero-order valence-corrected chi connectivity index (χ0v) is 14.9. The second-order valence-electron chi connectivity index (χ2n) is 5.63. The Hall–Kier alpha value is -2.44. The van der Waals surface area contributed by atoms with Crippen molar-refractivity contribution in [2.24, 2.45) is 5.73 Å². The van der Waals surface area contributed by atoms with Crippen LogP contribution in [0.3, 0.4) is 0 Å². The third kappa shape index (κ3) is 5.85. The molecule has 0 bridgehead atoms. The first-order chi connectivity index (χ1) is 11.5. The zero-order valence-electron chi connectivity index (χ0n) is 14.1. The van der Waals surface area contributed by atoms with Gasteiger partial charge in [0.05, 0.1) is 4.92 Å². The van der Waals surface area contributed by atoms with E-state index in [1.54, 1.807) is 17.9 Å². The molecule has 134 valence electrons. The van der Waals surface area contributed by atoms with E-state index in [-0.39, 0.29) is 24.0 Å². The fourth-order valence-corrected chi connectivity index (χ4v) is 2.55. The van der Waals surface area contributed by atoms with Crippen molar-refractivity contribution in [3.63, 3.8) is 0 Å². The van der Waals surface area contributed by atoms with Gasteiger partial charge in [-0.25, -0.2) is 0 Å². The molecule has 7 heteroatoms. The molecule has 0 atom stereocenters. The molecular formula is C18H22ClN3O3. The first-order valence-electron chi connectivity index (χ1n) is 7.80. The molecule has 6 nitrogen and oxygen atoms in total. The van der Waals surface area contributed by atoms with Gasteiger partial charge in [0.1, 0.15) is 0 Å². The predicted molar refractivity (Wildman–Crippen MR) is 100 cm³/mol. The number of nitrogens with two attached hydrogens (primary N) is 1. The summed E-state index contributed by atoms with van der Waals surface area (Å²) in [4.78, 5) is 24.9. The van der Waals surface area contributed by atoms with Gasteiger partial charge >= 0.3 is 0 Å². The molecule has 0 aliphatic carbocycles. The van der Waals surface area contributed by atoms with E-state index in [4.69, 9.17) is 5.73 Å². The van der Waals surface area contributed by atoms with Gasteiger partial charge < -0.3 is 10.6 Å². The molecule has 2 aromatic rings. The number of aryl methyl sites for hydroxylation is 1. The van der Waals surface area contributed by atoms with Gasteiger partial charge in [-0.05, 0) is 30.5 Å². The molecular weight excluding hydrogens is 342 g/mol. The summed E-state index contributed by atoms with van der Waals surface area (Å²) in [6.07, 6.45) is 0.709. The lowest BCUT2D eigenvalue weighted by molar-refractivity contribution is -0.384. The van der Waals surface area contributed by atoms with Crippen molar-refractivity contribution in [3.05, 3.63) is 75.3 Å². The fourth-order valence-electron chi connectivity index (χ4n) is 2.55. The van der Waals surface area contributed by atoms with E-state index >= 15 is 0 Å². The van der Waals surface area contributed by atoms with Gasteiger partial charge in [0.25, 0.3) is 11.6 Å². The highest BCUT2D eigenvalue weighted by Gasteiger charge is 2.18. The minimum absolute atomic E-state index is 0. The average Bonchev–Trinajstić information content (AvgIpc) is 2.58. The third-order valence-corrected chi connectivity index (χ3v) is 3.72. The summed E-state index contributed by atoms with van der Waals surface area (Å²) in [6, 6.07) is 14.3. The van der Waals surface area contributed by atoms with Crippen molar-refractivity contribution in [2.75, 3.05) is 19.6 Å². The molecule has 0 saturated carbocycles. The standard InChI is InChI=1S/C18H21N3O3.ClH/c1-14-11-16(13-17(12-14)21(23)24)18(22)20(10-8-19)9-7-15-5-3-2-4-6-15;/h2-6,11-13H,7-10,19H2,1H3;1H. The number of rotatable bonds is 7. The van der Waals surface area contributed by atoms with Crippen LogP contribution in [-0.2, 0) is 6.42 Å². The minimum atomic E-state index is -0.485. The van der Waals surface area contributed by atoms with Crippen LogP contribution < -0.4 is 5.73 Å². The Labute approximate surface area is 153 Å². The number of benzene rings is 2. The SMILES string of the molecule is Cc1cc(C(=O)N(CCN)CCc2ccccc2)cc([N+](=O)[O-])c1.Cl. The van der Waals surface area contributed by atoms with Gasteiger partial charge in [-0.15, -0.1) is 12.4 Å². The molecule has 1 amide bonds. The number of hydrogen-bond acceptors (Lipinski definition) is 4. The second-order valence-corrected chi connectivity index (χ2v) is 5.63. The van der Waals surface area contributed by atoms with E-state index < -0.39 is 4.92 Å². The maximum atomic E-state index is 12.7. The Morgan fingerprint density at radius 1 is 1.16 bits per heavy atom. The lowest BCUT2D eigenvalue weighted by atomic mass is 10.1. The Morgan fingerprint density at radius 2 is 1.84 bits per heavy atom. The molecule has 0 spiro atoms. The van der Waals surface area contributed by atoms with Crippen molar-refractivity contribution in [1.29, 1.82) is 0 Å². The van der Waals surface area contributed by atoms with Crippen molar-refractivity contribution in [3.8, 4) is 0 Å².